The lowest BCUT2D eigenvalue weighted by atomic mass is 9.94. The lowest BCUT2D eigenvalue weighted by molar-refractivity contribution is -0.132. The summed E-state index contributed by atoms with van der Waals surface area (Å²) in [4.78, 5) is 9.83. The molecule has 0 N–H and O–H groups in total. The Morgan fingerprint density at radius 2 is 1.16 bits per heavy atom. The van der Waals surface area contributed by atoms with E-state index in [4.69, 9.17) is 36.8 Å². The second-order valence-electron chi connectivity index (χ2n) is 6.71. The summed E-state index contributed by atoms with van der Waals surface area (Å²) in [5, 5.41) is 0.621. The summed E-state index contributed by atoms with van der Waals surface area (Å²) in [6.07, 6.45) is 0. The molecule has 0 amide bonds. The topological polar surface area (TPSA) is 129 Å². The number of halogens is 3. The largest absolute Gasteiger partial charge is 0.424 e. The Kier molecular flexibility index (Phi) is 5.31. The summed E-state index contributed by atoms with van der Waals surface area (Å²) in [7, 11) is 3.18. The molecule has 0 saturated heterocycles. The molecule has 0 spiro atoms. The van der Waals surface area contributed by atoms with Crippen LogP contribution in [-0.2, 0) is 31.9 Å². The summed E-state index contributed by atoms with van der Waals surface area (Å²) >= 11 is 0. The number of benzene rings is 4. The third-order valence-electron chi connectivity index (χ3n) is 4.77. The number of esters is 1. The van der Waals surface area contributed by atoms with Crippen molar-refractivity contribution < 1.29 is 34.8 Å². The molecule has 0 atom stereocenters. The minimum atomic E-state index is -4.70. The van der Waals surface area contributed by atoms with Crippen LogP contribution in [0.4, 0.5) is 0 Å². The Morgan fingerprint density at radius 1 is 0.688 bits per heavy atom. The highest BCUT2D eigenvalue weighted by Gasteiger charge is 2.34. The summed E-state index contributed by atoms with van der Waals surface area (Å²) < 4.78 is 79.2. The number of carbonyl (C=O) groups excluding carboxylic acids is 1. The SMILES string of the molecule is CC(=O)Oc1c(S(=O)(=O)Cl)c2ccc3ccc(S(=O)(=O)Cl)c4ccc(c1S(=O)(=O)Cl)c2c34. The van der Waals surface area contributed by atoms with Crippen molar-refractivity contribution in [1.29, 1.82) is 0 Å². The second kappa shape index (κ2) is 7.31. The standard InChI is InChI=1S/C18H9Cl3O8S3/c1-8(22)29-16-17(31(20,25)26)11-4-2-9-3-7-13(30(19,23)24)10-5-6-12(15(11)14(9)10)18(16)32(21,27)28/h2-7H,1H3. The quantitative estimate of drug-likeness (QED) is 0.158. The van der Waals surface area contributed by atoms with Crippen molar-refractivity contribution in [2.45, 2.75) is 21.6 Å². The van der Waals surface area contributed by atoms with E-state index in [1.165, 1.54) is 36.4 Å². The highest BCUT2D eigenvalue weighted by molar-refractivity contribution is 8.15. The summed E-state index contributed by atoms with van der Waals surface area (Å²) in [5.41, 5.74) is 0. The monoisotopic (exact) mass is 554 g/mol. The van der Waals surface area contributed by atoms with Gasteiger partial charge >= 0.3 is 5.97 Å². The van der Waals surface area contributed by atoms with Crippen LogP contribution in [-0.4, -0.2) is 31.2 Å². The van der Waals surface area contributed by atoms with Crippen LogP contribution in [0.1, 0.15) is 6.92 Å². The van der Waals surface area contributed by atoms with E-state index < -0.39 is 48.7 Å². The van der Waals surface area contributed by atoms with Gasteiger partial charge in [-0.05, 0) is 16.8 Å². The molecule has 0 heterocycles. The Hall–Kier alpha value is -1.89. The predicted octanol–water partition coefficient (Wildman–Crippen LogP) is 4.29. The average molecular weight is 556 g/mol. The molecule has 14 heteroatoms. The van der Waals surface area contributed by atoms with Gasteiger partial charge in [-0.3, -0.25) is 4.79 Å². The minimum absolute atomic E-state index is 0.0384. The lowest BCUT2D eigenvalue weighted by Gasteiger charge is -2.19. The van der Waals surface area contributed by atoms with E-state index in [1.807, 2.05) is 0 Å². The van der Waals surface area contributed by atoms with Gasteiger partial charge in [0.25, 0.3) is 27.2 Å². The van der Waals surface area contributed by atoms with E-state index in [2.05, 4.69) is 0 Å². The van der Waals surface area contributed by atoms with Gasteiger partial charge in [-0.15, -0.1) is 0 Å². The maximum absolute atomic E-state index is 12.5. The predicted molar refractivity (Wildman–Crippen MR) is 121 cm³/mol. The van der Waals surface area contributed by atoms with Gasteiger partial charge in [-0.25, -0.2) is 25.3 Å². The fraction of sp³-hybridized carbons (Fsp3) is 0.0556. The fourth-order valence-electron chi connectivity index (χ4n) is 3.78. The maximum Gasteiger partial charge on any atom is 0.308 e. The van der Waals surface area contributed by atoms with Gasteiger partial charge in [-0.1, -0.05) is 30.3 Å². The average Bonchev–Trinajstić information content (AvgIpc) is 2.61. The zero-order valence-corrected chi connectivity index (χ0v) is 20.3. The van der Waals surface area contributed by atoms with E-state index in [0.717, 1.165) is 6.92 Å². The first-order chi connectivity index (χ1) is 14.6. The molecule has 0 unspecified atom stereocenters. The van der Waals surface area contributed by atoms with Gasteiger partial charge in [0.1, 0.15) is 9.79 Å². The molecular formula is C18H9Cl3O8S3. The van der Waals surface area contributed by atoms with E-state index in [1.54, 1.807) is 0 Å². The first-order valence-corrected chi connectivity index (χ1v) is 15.3. The van der Waals surface area contributed by atoms with Gasteiger partial charge < -0.3 is 4.74 Å². The Morgan fingerprint density at radius 3 is 1.62 bits per heavy atom. The van der Waals surface area contributed by atoms with Gasteiger partial charge in [0, 0.05) is 60.5 Å². The summed E-state index contributed by atoms with van der Waals surface area (Å²) in [6.45, 7) is 0.941. The third-order valence-corrected chi connectivity index (χ3v) is 8.86. The third kappa shape index (κ3) is 3.66. The normalized spacial score (nSPS) is 13.2. The van der Waals surface area contributed by atoms with Crippen LogP contribution >= 0.6 is 32.0 Å². The van der Waals surface area contributed by atoms with E-state index in [9.17, 15) is 30.0 Å². The number of hydrogen-bond donors (Lipinski definition) is 0. The first kappa shape index (κ1) is 23.3. The smallest absolute Gasteiger partial charge is 0.308 e. The van der Waals surface area contributed by atoms with Gasteiger partial charge in [-0.2, -0.15) is 0 Å². The number of hydrogen-bond acceptors (Lipinski definition) is 8. The number of carbonyl (C=O) groups is 1. The van der Waals surface area contributed by atoms with Crippen molar-refractivity contribution >= 4 is 97.5 Å². The molecule has 0 fully saturated rings. The molecule has 4 aromatic rings. The van der Waals surface area contributed by atoms with Crippen LogP contribution in [0.25, 0.3) is 32.3 Å². The van der Waals surface area contributed by atoms with Crippen molar-refractivity contribution in [2.75, 3.05) is 0 Å². The van der Waals surface area contributed by atoms with Crippen molar-refractivity contribution in [3.8, 4) is 5.75 Å². The van der Waals surface area contributed by atoms with Crippen LogP contribution in [0.5, 0.6) is 5.75 Å². The van der Waals surface area contributed by atoms with Gasteiger partial charge in [0.2, 0.25) is 0 Å². The zero-order valence-electron chi connectivity index (χ0n) is 15.6. The highest BCUT2D eigenvalue weighted by atomic mass is 35.7. The minimum Gasteiger partial charge on any atom is -0.424 e. The number of rotatable bonds is 4. The van der Waals surface area contributed by atoms with Crippen LogP contribution in [0.3, 0.4) is 0 Å². The van der Waals surface area contributed by atoms with Crippen LogP contribution < -0.4 is 4.74 Å². The molecule has 0 radical (unpaired) electrons. The van der Waals surface area contributed by atoms with E-state index in [-0.39, 0.29) is 31.8 Å². The molecule has 0 aromatic heterocycles. The maximum atomic E-state index is 12.5. The van der Waals surface area contributed by atoms with Crippen LogP contribution in [0.2, 0.25) is 0 Å². The molecule has 0 saturated carbocycles. The first-order valence-electron chi connectivity index (χ1n) is 8.42. The van der Waals surface area contributed by atoms with Crippen molar-refractivity contribution in [3.63, 3.8) is 0 Å². The fourth-order valence-corrected chi connectivity index (χ4v) is 7.43. The van der Waals surface area contributed by atoms with Crippen molar-refractivity contribution in [2.24, 2.45) is 0 Å². The Balaban J connectivity index is 2.46. The van der Waals surface area contributed by atoms with Crippen molar-refractivity contribution in [3.05, 3.63) is 36.4 Å². The zero-order chi connectivity index (χ0) is 23.8. The molecule has 4 rings (SSSR count). The molecule has 32 heavy (non-hydrogen) atoms. The summed E-state index contributed by atoms with van der Waals surface area (Å²) in [6, 6.07) is 8.05. The van der Waals surface area contributed by atoms with Crippen LogP contribution in [0, 0.1) is 0 Å². The second-order valence-corrected chi connectivity index (χ2v) is 14.2. The molecule has 8 nitrogen and oxygen atoms in total. The molecule has 4 aromatic carbocycles. The Bertz CT molecular complexity index is 1740. The lowest BCUT2D eigenvalue weighted by Crippen LogP contribution is -2.11. The Labute approximate surface area is 195 Å². The van der Waals surface area contributed by atoms with Crippen LogP contribution in [0.15, 0.2) is 51.1 Å². The number of ether oxygens (including phenoxy) is 1. The summed E-state index contributed by atoms with van der Waals surface area (Å²) in [5.74, 6) is -1.87. The molecular weight excluding hydrogens is 547 g/mol. The molecule has 0 aliphatic heterocycles. The van der Waals surface area contributed by atoms with E-state index in [0.29, 0.717) is 5.39 Å². The van der Waals surface area contributed by atoms with E-state index >= 15 is 0 Å². The van der Waals surface area contributed by atoms with Crippen molar-refractivity contribution in [1.82, 2.24) is 0 Å². The van der Waals surface area contributed by atoms with Gasteiger partial charge in [0.15, 0.2) is 5.75 Å². The highest BCUT2D eigenvalue weighted by Crippen LogP contribution is 2.49. The molecule has 0 aliphatic rings. The van der Waals surface area contributed by atoms with Gasteiger partial charge in [0.05, 0.1) is 4.90 Å². The molecule has 0 bridgehead atoms. The molecule has 168 valence electrons. The molecule has 0 aliphatic carbocycles.